The second-order valence-electron chi connectivity index (χ2n) is 6.09. The Morgan fingerprint density at radius 2 is 1.96 bits per heavy atom. The zero-order valence-corrected chi connectivity index (χ0v) is 14.4. The van der Waals surface area contributed by atoms with Crippen molar-refractivity contribution in [3.63, 3.8) is 0 Å². The van der Waals surface area contributed by atoms with Gasteiger partial charge in [0.15, 0.2) is 5.82 Å². The number of carbonyl (C=O) groups excluding carboxylic acids is 2. The molecule has 0 fully saturated rings. The van der Waals surface area contributed by atoms with Crippen molar-refractivity contribution in [1.29, 1.82) is 0 Å². The number of anilines is 2. The van der Waals surface area contributed by atoms with Crippen molar-refractivity contribution in [2.75, 3.05) is 17.2 Å². The molecule has 0 atom stereocenters. The van der Waals surface area contributed by atoms with E-state index >= 15 is 0 Å². The molecular formula is C17H23N5O2. The topological polar surface area (TPSA) is 88.0 Å². The summed E-state index contributed by atoms with van der Waals surface area (Å²) in [7, 11) is 1.77. The number of aryl methyl sites for hydroxylation is 2. The molecule has 0 aliphatic rings. The lowest BCUT2D eigenvalue weighted by Crippen LogP contribution is -2.27. The van der Waals surface area contributed by atoms with Crippen molar-refractivity contribution in [1.82, 2.24) is 15.1 Å². The van der Waals surface area contributed by atoms with Crippen molar-refractivity contribution >= 4 is 23.4 Å². The summed E-state index contributed by atoms with van der Waals surface area (Å²) in [5.41, 5.74) is 2.02. The summed E-state index contributed by atoms with van der Waals surface area (Å²) in [6.07, 6.45) is 1.74. The molecule has 2 aromatic rings. The van der Waals surface area contributed by atoms with Crippen LogP contribution < -0.4 is 16.0 Å². The lowest BCUT2D eigenvalue weighted by molar-refractivity contribution is 0.0949. The standard InChI is InChI=1S/C17H23N5O2/c1-11(2)10-18-16(23)13-5-6-14(12(3)9-13)19-17(24)20-15-7-8-22(4)21-15/h5-9,11H,10H2,1-4H3,(H,18,23)(H2,19,20,21,24). The van der Waals surface area contributed by atoms with Gasteiger partial charge >= 0.3 is 6.03 Å². The van der Waals surface area contributed by atoms with Gasteiger partial charge in [-0.05, 0) is 36.6 Å². The van der Waals surface area contributed by atoms with Crippen molar-refractivity contribution < 1.29 is 9.59 Å². The van der Waals surface area contributed by atoms with Crippen molar-refractivity contribution in [2.45, 2.75) is 20.8 Å². The SMILES string of the molecule is Cc1cc(C(=O)NCC(C)C)ccc1NC(=O)Nc1ccn(C)n1. The van der Waals surface area contributed by atoms with E-state index in [0.29, 0.717) is 29.5 Å². The number of hydrogen-bond donors (Lipinski definition) is 3. The number of nitrogens with zero attached hydrogens (tertiary/aromatic N) is 2. The Morgan fingerprint density at radius 1 is 1.21 bits per heavy atom. The molecule has 7 nitrogen and oxygen atoms in total. The maximum atomic E-state index is 12.1. The highest BCUT2D eigenvalue weighted by atomic mass is 16.2. The molecule has 7 heteroatoms. The fraction of sp³-hybridized carbons (Fsp3) is 0.353. The molecule has 128 valence electrons. The third-order valence-electron chi connectivity index (χ3n) is 3.36. The zero-order chi connectivity index (χ0) is 17.7. The Hall–Kier alpha value is -2.83. The Morgan fingerprint density at radius 3 is 2.54 bits per heavy atom. The maximum Gasteiger partial charge on any atom is 0.324 e. The van der Waals surface area contributed by atoms with E-state index in [0.717, 1.165) is 5.56 Å². The molecule has 1 aromatic carbocycles. The first kappa shape index (κ1) is 17.5. The van der Waals surface area contributed by atoms with Crippen LogP contribution in [0.25, 0.3) is 0 Å². The number of carbonyl (C=O) groups is 2. The van der Waals surface area contributed by atoms with Crippen molar-refractivity contribution in [2.24, 2.45) is 13.0 Å². The first-order valence-corrected chi connectivity index (χ1v) is 7.81. The number of rotatable bonds is 5. The average molecular weight is 329 g/mol. The fourth-order valence-electron chi connectivity index (χ4n) is 2.10. The van der Waals surface area contributed by atoms with Gasteiger partial charge in [0.25, 0.3) is 5.91 Å². The fourth-order valence-corrected chi connectivity index (χ4v) is 2.10. The van der Waals surface area contributed by atoms with Gasteiger partial charge in [-0.1, -0.05) is 13.8 Å². The van der Waals surface area contributed by atoms with E-state index in [1.165, 1.54) is 0 Å². The third kappa shape index (κ3) is 4.84. The third-order valence-corrected chi connectivity index (χ3v) is 3.36. The quantitative estimate of drug-likeness (QED) is 0.788. The number of urea groups is 1. The van der Waals surface area contributed by atoms with Gasteiger partial charge in [0, 0.05) is 37.1 Å². The van der Waals surface area contributed by atoms with Crippen molar-refractivity contribution in [3.05, 3.63) is 41.6 Å². The normalized spacial score (nSPS) is 10.5. The summed E-state index contributed by atoms with van der Waals surface area (Å²) >= 11 is 0. The van der Waals surface area contributed by atoms with Gasteiger partial charge in [0.05, 0.1) is 0 Å². The molecule has 1 heterocycles. The summed E-state index contributed by atoms with van der Waals surface area (Å²) in [5, 5.41) is 12.4. The van der Waals surface area contributed by atoms with Gasteiger partial charge in [-0.3, -0.25) is 14.8 Å². The van der Waals surface area contributed by atoms with Crippen LogP contribution in [0.2, 0.25) is 0 Å². The molecule has 3 amide bonds. The van der Waals surface area contributed by atoms with Gasteiger partial charge in [0.1, 0.15) is 0 Å². The molecule has 0 spiro atoms. The summed E-state index contributed by atoms with van der Waals surface area (Å²) < 4.78 is 1.60. The van der Waals surface area contributed by atoms with Crippen LogP contribution in [-0.4, -0.2) is 28.3 Å². The minimum atomic E-state index is -0.381. The van der Waals surface area contributed by atoms with Crippen LogP contribution in [0.5, 0.6) is 0 Å². The van der Waals surface area contributed by atoms with Gasteiger partial charge in [0.2, 0.25) is 0 Å². The summed E-state index contributed by atoms with van der Waals surface area (Å²) in [6, 6.07) is 6.49. The highest BCUT2D eigenvalue weighted by Crippen LogP contribution is 2.17. The number of nitrogens with one attached hydrogen (secondary N) is 3. The Balaban J connectivity index is 1.98. The smallest absolute Gasteiger partial charge is 0.324 e. The van der Waals surface area contributed by atoms with Crippen LogP contribution in [0.3, 0.4) is 0 Å². The molecule has 1 aromatic heterocycles. The Kier molecular flexibility index (Phi) is 5.57. The number of aromatic nitrogens is 2. The molecule has 0 saturated heterocycles. The molecule has 0 aliphatic carbocycles. The van der Waals surface area contributed by atoms with Crippen LogP contribution in [-0.2, 0) is 7.05 Å². The van der Waals surface area contributed by atoms with E-state index < -0.39 is 0 Å². The van der Waals surface area contributed by atoms with E-state index in [1.807, 2.05) is 20.8 Å². The van der Waals surface area contributed by atoms with Crippen LogP contribution in [0.1, 0.15) is 29.8 Å². The molecule has 0 saturated carbocycles. The summed E-state index contributed by atoms with van der Waals surface area (Å²) in [5.74, 6) is 0.750. The van der Waals surface area contributed by atoms with E-state index in [1.54, 1.807) is 42.2 Å². The molecule has 0 bridgehead atoms. The van der Waals surface area contributed by atoms with Crippen molar-refractivity contribution in [3.8, 4) is 0 Å². The second-order valence-corrected chi connectivity index (χ2v) is 6.09. The minimum Gasteiger partial charge on any atom is -0.352 e. The molecular weight excluding hydrogens is 306 g/mol. The van der Waals surface area contributed by atoms with Crippen LogP contribution in [0, 0.1) is 12.8 Å². The predicted octanol–water partition coefficient (Wildman–Crippen LogP) is 2.76. The van der Waals surface area contributed by atoms with E-state index in [2.05, 4.69) is 21.0 Å². The van der Waals surface area contributed by atoms with Crippen LogP contribution in [0.15, 0.2) is 30.5 Å². The summed E-state index contributed by atoms with van der Waals surface area (Å²) in [6.45, 7) is 6.55. The average Bonchev–Trinajstić information content (AvgIpc) is 2.91. The highest BCUT2D eigenvalue weighted by Gasteiger charge is 2.10. The number of benzene rings is 1. The highest BCUT2D eigenvalue weighted by molar-refractivity contribution is 6.00. The second kappa shape index (κ2) is 7.63. The lowest BCUT2D eigenvalue weighted by atomic mass is 10.1. The van der Waals surface area contributed by atoms with Crippen LogP contribution in [0.4, 0.5) is 16.3 Å². The van der Waals surface area contributed by atoms with Gasteiger partial charge in [-0.2, -0.15) is 5.10 Å². The maximum absolute atomic E-state index is 12.1. The zero-order valence-electron chi connectivity index (χ0n) is 14.4. The van der Waals surface area contributed by atoms with E-state index in [4.69, 9.17) is 0 Å². The van der Waals surface area contributed by atoms with E-state index in [9.17, 15) is 9.59 Å². The first-order chi connectivity index (χ1) is 11.3. The Labute approximate surface area is 141 Å². The first-order valence-electron chi connectivity index (χ1n) is 7.81. The number of amides is 3. The minimum absolute atomic E-state index is 0.115. The molecule has 0 unspecified atom stereocenters. The van der Waals surface area contributed by atoms with E-state index in [-0.39, 0.29) is 11.9 Å². The van der Waals surface area contributed by atoms with Gasteiger partial charge < -0.3 is 10.6 Å². The largest absolute Gasteiger partial charge is 0.352 e. The molecule has 0 aliphatic heterocycles. The summed E-state index contributed by atoms with van der Waals surface area (Å²) in [4.78, 5) is 24.0. The molecule has 2 rings (SSSR count). The van der Waals surface area contributed by atoms with Gasteiger partial charge in [-0.25, -0.2) is 4.79 Å². The molecule has 0 radical (unpaired) electrons. The molecule has 24 heavy (non-hydrogen) atoms. The lowest BCUT2D eigenvalue weighted by Gasteiger charge is -2.11. The monoisotopic (exact) mass is 329 g/mol. The Bertz CT molecular complexity index is 736. The van der Waals surface area contributed by atoms with Crippen LogP contribution >= 0.6 is 0 Å². The molecule has 3 N–H and O–H groups in total. The number of hydrogen-bond acceptors (Lipinski definition) is 3. The van der Waals surface area contributed by atoms with Gasteiger partial charge in [-0.15, -0.1) is 0 Å². The predicted molar refractivity (Wildman–Crippen MR) is 94.2 cm³/mol.